The van der Waals surface area contributed by atoms with Gasteiger partial charge in [-0.25, -0.2) is 0 Å². The number of benzene rings is 1. The summed E-state index contributed by atoms with van der Waals surface area (Å²) in [5.41, 5.74) is 0.972. The Kier molecular flexibility index (Phi) is 6.03. The first-order valence-corrected chi connectivity index (χ1v) is 6.72. The highest BCUT2D eigenvalue weighted by atomic mass is 79.9. The molecule has 90 valence electrons. The van der Waals surface area contributed by atoms with Crippen molar-refractivity contribution in [3.63, 3.8) is 0 Å². The van der Waals surface area contributed by atoms with Gasteiger partial charge < -0.3 is 5.32 Å². The molecule has 0 unspecified atom stereocenters. The molecule has 0 fully saturated rings. The first-order chi connectivity index (χ1) is 8.17. The summed E-state index contributed by atoms with van der Waals surface area (Å²) in [7, 11) is 0. The molecule has 0 atom stereocenters. The molecule has 1 amide bonds. The van der Waals surface area contributed by atoms with Gasteiger partial charge in [0.15, 0.2) is 0 Å². The molecule has 0 aliphatic heterocycles. The van der Waals surface area contributed by atoms with E-state index in [0.717, 1.165) is 18.2 Å². The number of anilines is 1. The van der Waals surface area contributed by atoms with Gasteiger partial charge in [-0.15, -0.1) is 0 Å². The average molecular weight is 316 g/mol. The number of nitrogens with zero attached hydrogens (tertiary/aromatic N) is 1. The molecule has 17 heavy (non-hydrogen) atoms. The summed E-state index contributed by atoms with van der Waals surface area (Å²) < 4.78 is 0. The van der Waals surface area contributed by atoms with Crippen LogP contribution in [0, 0.1) is 11.3 Å². The molecule has 0 aliphatic carbocycles. The Bertz CT molecular complexity index is 443. The number of halogens is 2. The SMILES string of the molecule is N#Cc1cc(NC(=O)CCCCBr)ccc1Cl. The highest BCUT2D eigenvalue weighted by Crippen LogP contribution is 2.19. The van der Waals surface area contributed by atoms with Gasteiger partial charge in [-0.05, 0) is 31.0 Å². The summed E-state index contributed by atoms with van der Waals surface area (Å²) in [6.45, 7) is 0. The van der Waals surface area contributed by atoms with Gasteiger partial charge >= 0.3 is 0 Å². The minimum atomic E-state index is -0.0443. The third kappa shape index (κ3) is 4.76. The van der Waals surface area contributed by atoms with E-state index in [1.54, 1.807) is 18.2 Å². The van der Waals surface area contributed by atoms with E-state index >= 15 is 0 Å². The number of rotatable bonds is 5. The zero-order chi connectivity index (χ0) is 12.7. The summed E-state index contributed by atoms with van der Waals surface area (Å²) in [6, 6.07) is 6.84. The molecule has 1 aromatic rings. The standard InChI is InChI=1S/C12H12BrClN2O/c13-6-2-1-3-12(17)16-10-4-5-11(14)9(7-10)8-15/h4-5,7H,1-3,6H2,(H,16,17). The van der Waals surface area contributed by atoms with Gasteiger partial charge in [-0.3, -0.25) is 4.79 Å². The number of nitriles is 1. The second-order valence-electron chi connectivity index (χ2n) is 3.50. The van der Waals surface area contributed by atoms with E-state index in [2.05, 4.69) is 21.2 Å². The molecule has 3 nitrogen and oxygen atoms in total. The van der Waals surface area contributed by atoms with Crippen molar-refractivity contribution in [2.24, 2.45) is 0 Å². The van der Waals surface area contributed by atoms with Crippen LogP contribution in [-0.4, -0.2) is 11.2 Å². The number of alkyl halides is 1. The third-order valence-corrected chi connectivity index (χ3v) is 3.05. The molecule has 5 heteroatoms. The fraction of sp³-hybridized carbons (Fsp3) is 0.333. The normalized spacial score (nSPS) is 9.71. The lowest BCUT2D eigenvalue weighted by molar-refractivity contribution is -0.116. The Morgan fingerprint density at radius 3 is 2.88 bits per heavy atom. The van der Waals surface area contributed by atoms with Crippen molar-refractivity contribution in [3.05, 3.63) is 28.8 Å². The maximum Gasteiger partial charge on any atom is 0.224 e. The lowest BCUT2D eigenvalue weighted by Crippen LogP contribution is -2.11. The van der Waals surface area contributed by atoms with Crippen LogP contribution in [0.5, 0.6) is 0 Å². The summed E-state index contributed by atoms with van der Waals surface area (Å²) in [5.74, 6) is -0.0443. The minimum Gasteiger partial charge on any atom is -0.326 e. The predicted octanol–water partition coefficient (Wildman–Crippen LogP) is 3.72. The number of hydrogen-bond donors (Lipinski definition) is 1. The van der Waals surface area contributed by atoms with Gasteiger partial charge in [0.1, 0.15) is 6.07 Å². The topological polar surface area (TPSA) is 52.9 Å². The van der Waals surface area contributed by atoms with Crippen LogP contribution in [0.4, 0.5) is 5.69 Å². The van der Waals surface area contributed by atoms with E-state index in [0.29, 0.717) is 22.7 Å². The first kappa shape index (κ1) is 14.0. The van der Waals surface area contributed by atoms with Crippen molar-refractivity contribution in [1.82, 2.24) is 0 Å². The van der Waals surface area contributed by atoms with Crippen LogP contribution < -0.4 is 5.32 Å². The van der Waals surface area contributed by atoms with E-state index in [4.69, 9.17) is 16.9 Å². The minimum absolute atomic E-state index is 0.0443. The van der Waals surface area contributed by atoms with E-state index < -0.39 is 0 Å². The van der Waals surface area contributed by atoms with Crippen LogP contribution in [0.1, 0.15) is 24.8 Å². The zero-order valence-corrected chi connectivity index (χ0v) is 11.5. The molecule has 0 radical (unpaired) electrons. The number of amides is 1. The Hall–Kier alpha value is -1.05. The molecule has 1 rings (SSSR count). The second kappa shape index (κ2) is 7.31. The van der Waals surface area contributed by atoms with Crippen LogP contribution in [0.15, 0.2) is 18.2 Å². The number of nitrogens with one attached hydrogen (secondary N) is 1. The Labute approximate surface area is 114 Å². The van der Waals surface area contributed by atoms with E-state index in [-0.39, 0.29) is 5.91 Å². The van der Waals surface area contributed by atoms with Crippen LogP contribution in [0.3, 0.4) is 0 Å². The fourth-order valence-corrected chi connectivity index (χ4v) is 1.85. The lowest BCUT2D eigenvalue weighted by Gasteiger charge is -2.05. The second-order valence-corrected chi connectivity index (χ2v) is 4.70. The monoisotopic (exact) mass is 314 g/mol. The Balaban J connectivity index is 2.57. The quantitative estimate of drug-likeness (QED) is 0.665. The molecule has 0 heterocycles. The first-order valence-electron chi connectivity index (χ1n) is 5.23. The fourth-order valence-electron chi connectivity index (χ4n) is 1.29. The zero-order valence-electron chi connectivity index (χ0n) is 9.17. The summed E-state index contributed by atoms with van der Waals surface area (Å²) in [6.07, 6.45) is 2.30. The molecular formula is C12H12BrClN2O. The number of carbonyl (C=O) groups excluding carboxylic acids is 1. The van der Waals surface area contributed by atoms with Gasteiger partial charge in [0.05, 0.1) is 10.6 Å². The van der Waals surface area contributed by atoms with Crippen LogP contribution >= 0.6 is 27.5 Å². The van der Waals surface area contributed by atoms with Crippen molar-refractivity contribution >= 4 is 39.1 Å². The summed E-state index contributed by atoms with van der Waals surface area (Å²) >= 11 is 9.11. The van der Waals surface area contributed by atoms with Crippen molar-refractivity contribution in [2.45, 2.75) is 19.3 Å². The highest BCUT2D eigenvalue weighted by Gasteiger charge is 2.05. The van der Waals surface area contributed by atoms with Crippen LogP contribution in [0.2, 0.25) is 5.02 Å². The molecule has 0 bridgehead atoms. The molecule has 0 aromatic heterocycles. The van der Waals surface area contributed by atoms with Crippen molar-refractivity contribution < 1.29 is 4.79 Å². The van der Waals surface area contributed by atoms with Crippen molar-refractivity contribution in [2.75, 3.05) is 10.6 Å². The largest absolute Gasteiger partial charge is 0.326 e. The maximum atomic E-state index is 11.5. The molecule has 1 N–H and O–H groups in total. The number of unbranched alkanes of at least 4 members (excludes halogenated alkanes) is 1. The number of hydrogen-bond acceptors (Lipinski definition) is 2. The van der Waals surface area contributed by atoms with Crippen molar-refractivity contribution in [3.8, 4) is 6.07 Å². The van der Waals surface area contributed by atoms with Crippen LogP contribution in [0.25, 0.3) is 0 Å². The molecular weight excluding hydrogens is 304 g/mol. The third-order valence-electron chi connectivity index (χ3n) is 2.16. The van der Waals surface area contributed by atoms with E-state index in [9.17, 15) is 4.79 Å². The summed E-state index contributed by atoms with van der Waals surface area (Å²) in [5, 5.41) is 12.8. The summed E-state index contributed by atoms with van der Waals surface area (Å²) in [4.78, 5) is 11.5. The van der Waals surface area contributed by atoms with Gasteiger partial charge in [-0.2, -0.15) is 5.26 Å². The van der Waals surface area contributed by atoms with Crippen molar-refractivity contribution in [1.29, 1.82) is 5.26 Å². The van der Waals surface area contributed by atoms with Gasteiger partial charge in [0, 0.05) is 17.4 Å². The smallest absolute Gasteiger partial charge is 0.224 e. The van der Waals surface area contributed by atoms with E-state index in [1.807, 2.05) is 6.07 Å². The molecule has 0 saturated carbocycles. The Morgan fingerprint density at radius 1 is 1.47 bits per heavy atom. The lowest BCUT2D eigenvalue weighted by atomic mass is 10.2. The average Bonchev–Trinajstić information content (AvgIpc) is 2.32. The molecule has 0 saturated heterocycles. The molecule has 0 spiro atoms. The highest BCUT2D eigenvalue weighted by molar-refractivity contribution is 9.09. The predicted molar refractivity (Wildman–Crippen MR) is 72.4 cm³/mol. The van der Waals surface area contributed by atoms with E-state index in [1.165, 1.54) is 0 Å². The maximum absolute atomic E-state index is 11.5. The Morgan fingerprint density at radius 2 is 2.24 bits per heavy atom. The molecule has 0 aliphatic rings. The molecule has 1 aromatic carbocycles. The number of carbonyl (C=O) groups is 1. The van der Waals surface area contributed by atoms with Crippen LogP contribution in [-0.2, 0) is 4.79 Å². The van der Waals surface area contributed by atoms with Gasteiger partial charge in [0.25, 0.3) is 0 Å². The van der Waals surface area contributed by atoms with Gasteiger partial charge in [-0.1, -0.05) is 27.5 Å². The van der Waals surface area contributed by atoms with Gasteiger partial charge in [0.2, 0.25) is 5.91 Å².